The number of aryl methyl sites for hydroxylation is 1. The summed E-state index contributed by atoms with van der Waals surface area (Å²) < 4.78 is 17.9. The molecular formula is C18H24N4O4. The van der Waals surface area contributed by atoms with Gasteiger partial charge < -0.3 is 29.0 Å². The number of ether oxygens (including phenoxy) is 3. The van der Waals surface area contributed by atoms with Crippen molar-refractivity contribution in [2.24, 2.45) is 7.05 Å². The minimum atomic E-state index is -0.412. The maximum atomic E-state index is 12.7. The Labute approximate surface area is 152 Å². The van der Waals surface area contributed by atoms with Crippen molar-refractivity contribution in [1.82, 2.24) is 19.8 Å². The van der Waals surface area contributed by atoms with Gasteiger partial charge in [0.05, 0.1) is 27.4 Å². The van der Waals surface area contributed by atoms with Gasteiger partial charge in [0.1, 0.15) is 11.9 Å². The zero-order valence-electron chi connectivity index (χ0n) is 15.3. The van der Waals surface area contributed by atoms with Crippen LogP contribution in [0.25, 0.3) is 0 Å². The Kier molecular flexibility index (Phi) is 5.62. The van der Waals surface area contributed by atoms with Gasteiger partial charge in [0.25, 0.3) is 0 Å². The third kappa shape index (κ3) is 3.75. The molecule has 140 valence electrons. The number of amides is 2. The van der Waals surface area contributed by atoms with E-state index >= 15 is 0 Å². The van der Waals surface area contributed by atoms with Crippen LogP contribution in [0.15, 0.2) is 30.6 Å². The maximum Gasteiger partial charge on any atom is 0.318 e. The first-order valence-corrected chi connectivity index (χ1v) is 8.46. The Hall–Kier alpha value is -2.74. The second-order valence-electron chi connectivity index (χ2n) is 5.99. The van der Waals surface area contributed by atoms with E-state index in [4.69, 9.17) is 14.2 Å². The molecule has 26 heavy (non-hydrogen) atoms. The van der Waals surface area contributed by atoms with Crippen molar-refractivity contribution < 1.29 is 19.0 Å². The lowest BCUT2D eigenvalue weighted by atomic mass is 10.1. The lowest BCUT2D eigenvalue weighted by Crippen LogP contribution is -2.47. The van der Waals surface area contributed by atoms with Gasteiger partial charge in [-0.05, 0) is 17.7 Å². The first-order chi connectivity index (χ1) is 12.6. The van der Waals surface area contributed by atoms with Crippen molar-refractivity contribution in [3.05, 3.63) is 42.0 Å². The Morgan fingerprint density at radius 1 is 1.23 bits per heavy atom. The summed E-state index contributed by atoms with van der Waals surface area (Å²) in [5.74, 6) is 1.97. The van der Waals surface area contributed by atoms with Crippen molar-refractivity contribution in [3.63, 3.8) is 0 Å². The predicted octanol–water partition coefficient (Wildman–Crippen LogP) is 1.57. The van der Waals surface area contributed by atoms with Crippen LogP contribution < -0.4 is 14.8 Å². The van der Waals surface area contributed by atoms with E-state index in [1.165, 1.54) is 0 Å². The first kappa shape index (κ1) is 18.1. The second kappa shape index (κ2) is 8.09. The summed E-state index contributed by atoms with van der Waals surface area (Å²) in [5.41, 5.74) is 0.860. The van der Waals surface area contributed by atoms with Gasteiger partial charge in [-0.15, -0.1) is 0 Å². The van der Waals surface area contributed by atoms with Gasteiger partial charge in [-0.2, -0.15) is 0 Å². The van der Waals surface area contributed by atoms with Crippen LogP contribution in [0.5, 0.6) is 11.5 Å². The molecule has 1 aromatic heterocycles. The number of benzene rings is 1. The number of imidazole rings is 1. The zero-order chi connectivity index (χ0) is 18.5. The first-order valence-electron chi connectivity index (χ1n) is 8.46. The van der Waals surface area contributed by atoms with Gasteiger partial charge >= 0.3 is 6.03 Å². The van der Waals surface area contributed by atoms with Crippen molar-refractivity contribution >= 4 is 6.03 Å². The van der Waals surface area contributed by atoms with Crippen LogP contribution in [-0.2, 0) is 11.8 Å². The molecule has 2 amide bonds. The topological polar surface area (TPSA) is 77.9 Å². The molecular weight excluding hydrogens is 336 g/mol. The number of nitrogens with zero attached hydrogens (tertiary/aromatic N) is 3. The van der Waals surface area contributed by atoms with Crippen LogP contribution in [-0.4, -0.2) is 61.0 Å². The predicted molar refractivity (Wildman–Crippen MR) is 95.5 cm³/mol. The zero-order valence-corrected chi connectivity index (χ0v) is 15.3. The molecule has 1 aliphatic heterocycles. The van der Waals surface area contributed by atoms with Gasteiger partial charge in [0.15, 0.2) is 11.5 Å². The monoisotopic (exact) mass is 360 g/mol. The van der Waals surface area contributed by atoms with Crippen LogP contribution in [0.4, 0.5) is 4.79 Å². The van der Waals surface area contributed by atoms with E-state index in [9.17, 15) is 4.79 Å². The number of morpholine rings is 1. The number of nitrogens with one attached hydrogen (secondary N) is 1. The summed E-state index contributed by atoms with van der Waals surface area (Å²) >= 11 is 0. The van der Waals surface area contributed by atoms with E-state index < -0.39 is 6.04 Å². The van der Waals surface area contributed by atoms with E-state index in [1.807, 2.05) is 36.0 Å². The minimum absolute atomic E-state index is 0.143. The largest absolute Gasteiger partial charge is 0.493 e. The lowest BCUT2D eigenvalue weighted by molar-refractivity contribution is 0.0527. The SMILES string of the molecule is COc1ccc(C(NC(=O)N2CCOCC2)c2nccn2C)cc1OC. The van der Waals surface area contributed by atoms with Crippen molar-refractivity contribution in [2.45, 2.75) is 6.04 Å². The molecule has 0 spiro atoms. The molecule has 0 aliphatic carbocycles. The highest BCUT2D eigenvalue weighted by molar-refractivity contribution is 5.75. The summed E-state index contributed by atoms with van der Waals surface area (Å²) in [5, 5.41) is 3.09. The molecule has 3 rings (SSSR count). The number of carbonyl (C=O) groups is 1. The highest BCUT2D eigenvalue weighted by Gasteiger charge is 2.25. The van der Waals surface area contributed by atoms with Crippen molar-refractivity contribution in [1.29, 1.82) is 0 Å². The lowest BCUT2D eigenvalue weighted by Gasteiger charge is -2.29. The normalized spacial score (nSPS) is 15.4. The molecule has 0 radical (unpaired) electrons. The Morgan fingerprint density at radius 2 is 1.96 bits per heavy atom. The summed E-state index contributed by atoms with van der Waals surface area (Å²) in [6, 6.07) is 5.03. The fourth-order valence-corrected chi connectivity index (χ4v) is 2.97. The third-order valence-corrected chi connectivity index (χ3v) is 4.42. The number of rotatable bonds is 5. The van der Waals surface area contributed by atoms with Crippen LogP contribution in [0.2, 0.25) is 0 Å². The summed E-state index contributed by atoms with van der Waals surface area (Å²) in [6.45, 7) is 2.25. The van der Waals surface area contributed by atoms with E-state index in [1.54, 1.807) is 25.3 Å². The number of aromatic nitrogens is 2. The van der Waals surface area contributed by atoms with Crippen LogP contribution in [0.1, 0.15) is 17.4 Å². The summed E-state index contributed by atoms with van der Waals surface area (Å²) in [7, 11) is 5.08. The number of hydrogen-bond donors (Lipinski definition) is 1. The number of carbonyl (C=O) groups excluding carboxylic acids is 1. The molecule has 1 unspecified atom stereocenters. The number of urea groups is 1. The Balaban J connectivity index is 1.91. The standard InChI is InChI=1S/C18H24N4O4/c1-21-7-6-19-17(21)16(20-18(23)22-8-10-26-11-9-22)13-4-5-14(24-2)15(12-13)25-3/h4-7,12,16H,8-11H2,1-3H3,(H,20,23). The van der Waals surface area contributed by atoms with E-state index in [0.717, 1.165) is 11.4 Å². The quantitative estimate of drug-likeness (QED) is 0.876. The van der Waals surface area contributed by atoms with Crippen LogP contribution in [0, 0.1) is 0 Å². The van der Waals surface area contributed by atoms with Crippen molar-refractivity contribution in [3.8, 4) is 11.5 Å². The molecule has 1 saturated heterocycles. The highest BCUT2D eigenvalue weighted by Crippen LogP contribution is 2.32. The summed E-state index contributed by atoms with van der Waals surface area (Å²) in [4.78, 5) is 18.9. The van der Waals surface area contributed by atoms with E-state index in [-0.39, 0.29) is 6.03 Å². The maximum absolute atomic E-state index is 12.7. The average Bonchev–Trinajstić information content (AvgIpc) is 3.11. The Bertz CT molecular complexity index is 755. The minimum Gasteiger partial charge on any atom is -0.493 e. The molecule has 0 saturated carbocycles. The van der Waals surface area contributed by atoms with Crippen LogP contribution >= 0.6 is 0 Å². The molecule has 8 heteroatoms. The number of hydrogen-bond acceptors (Lipinski definition) is 5. The molecule has 2 heterocycles. The van der Waals surface area contributed by atoms with Gasteiger partial charge in [-0.25, -0.2) is 9.78 Å². The Morgan fingerprint density at radius 3 is 2.58 bits per heavy atom. The molecule has 1 atom stereocenters. The van der Waals surface area contributed by atoms with E-state index in [2.05, 4.69) is 10.3 Å². The average molecular weight is 360 g/mol. The van der Waals surface area contributed by atoms with Gasteiger partial charge in [-0.3, -0.25) is 0 Å². The third-order valence-electron chi connectivity index (χ3n) is 4.42. The molecule has 1 N–H and O–H groups in total. The fraction of sp³-hybridized carbons (Fsp3) is 0.444. The van der Waals surface area contributed by atoms with E-state index in [0.29, 0.717) is 37.8 Å². The molecule has 1 aromatic carbocycles. The van der Waals surface area contributed by atoms with Gasteiger partial charge in [-0.1, -0.05) is 6.07 Å². The van der Waals surface area contributed by atoms with Gasteiger partial charge in [0, 0.05) is 32.5 Å². The number of methoxy groups -OCH3 is 2. The van der Waals surface area contributed by atoms with Gasteiger partial charge in [0.2, 0.25) is 0 Å². The second-order valence-corrected chi connectivity index (χ2v) is 5.99. The summed E-state index contributed by atoms with van der Waals surface area (Å²) in [6.07, 6.45) is 3.56. The molecule has 1 fully saturated rings. The smallest absolute Gasteiger partial charge is 0.318 e. The highest BCUT2D eigenvalue weighted by atomic mass is 16.5. The molecule has 0 bridgehead atoms. The molecule has 1 aliphatic rings. The molecule has 2 aromatic rings. The fourth-order valence-electron chi connectivity index (χ4n) is 2.97. The molecule has 8 nitrogen and oxygen atoms in total. The van der Waals surface area contributed by atoms with Crippen LogP contribution in [0.3, 0.4) is 0 Å². The van der Waals surface area contributed by atoms with Crippen molar-refractivity contribution in [2.75, 3.05) is 40.5 Å².